The number of rotatable bonds is 8. The molecule has 0 aromatic heterocycles. The summed E-state index contributed by atoms with van der Waals surface area (Å²) in [6.07, 6.45) is 0.343. The molecule has 1 rings (SSSR count). The number of aliphatic carboxylic acids is 3. The zero-order chi connectivity index (χ0) is 17.8. The van der Waals surface area contributed by atoms with Crippen LogP contribution in [-0.2, 0) is 20.8 Å². The number of carboxylic acids is 3. The number of nitrogens with two attached hydrogens (primary N) is 1. The lowest BCUT2D eigenvalue weighted by Gasteiger charge is -2.08. The van der Waals surface area contributed by atoms with Crippen molar-refractivity contribution in [2.45, 2.75) is 25.8 Å². The van der Waals surface area contributed by atoms with E-state index >= 15 is 0 Å². The number of nitrogens with one attached hydrogen (secondary N) is 1. The number of aryl methyl sites for hydroxylation is 1. The summed E-state index contributed by atoms with van der Waals surface area (Å²) in [6.45, 7) is 1.96. The van der Waals surface area contributed by atoms with Crippen molar-refractivity contribution in [1.29, 1.82) is 0 Å². The number of carbonyl (C=O) groups is 3. The number of carboxylic acid groups (broad SMARTS) is 3. The fraction of sp³-hybridized carbons (Fsp3) is 0.400. The van der Waals surface area contributed by atoms with E-state index in [4.69, 9.17) is 21.1 Å². The lowest BCUT2D eigenvalue weighted by atomic mass is 10.0. The minimum atomic E-state index is -0.981. The fourth-order valence-corrected chi connectivity index (χ4v) is 1.55. The molecule has 23 heavy (non-hydrogen) atoms. The Morgan fingerprint density at radius 3 is 2.22 bits per heavy atom. The van der Waals surface area contributed by atoms with Crippen LogP contribution in [0.3, 0.4) is 0 Å². The molecule has 128 valence electrons. The molecule has 0 bridgehead atoms. The quantitative estimate of drug-likeness (QED) is 0.422. The highest BCUT2D eigenvalue weighted by atomic mass is 16.4. The van der Waals surface area contributed by atoms with Gasteiger partial charge in [0.05, 0.1) is 13.0 Å². The molecule has 0 amide bonds. The Bertz CT molecular complexity index is 516. The van der Waals surface area contributed by atoms with Crippen molar-refractivity contribution in [3.63, 3.8) is 0 Å². The Morgan fingerprint density at radius 1 is 1.13 bits per heavy atom. The second-order valence-electron chi connectivity index (χ2n) is 4.79. The van der Waals surface area contributed by atoms with Gasteiger partial charge in [0.25, 0.3) is 0 Å². The highest BCUT2D eigenvalue weighted by Crippen LogP contribution is 2.08. The van der Waals surface area contributed by atoms with Crippen LogP contribution in [0.2, 0.25) is 0 Å². The molecular formula is C15H22N2O6. The van der Waals surface area contributed by atoms with Crippen molar-refractivity contribution in [2.75, 3.05) is 13.1 Å². The summed E-state index contributed by atoms with van der Waals surface area (Å²) in [5.41, 5.74) is 7.50. The average Bonchev–Trinajstić information content (AvgIpc) is 2.46. The van der Waals surface area contributed by atoms with E-state index in [1.54, 1.807) is 0 Å². The number of hydrogen-bond donors (Lipinski definition) is 5. The molecule has 6 N–H and O–H groups in total. The summed E-state index contributed by atoms with van der Waals surface area (Å²) in [7, 11) is 0. The third-order valence-electron chi connectivity index (χ3n) is 2.81. The Morgan fingerprint density at radius 2 is 1.74 bits per heavy atom. The van der Waals surface area contributed by atoms with Gasteiger partial charge in [0.1, 0.15) is 6.04 Å². The van der Waals surface area contributed by atoms with Gasteiger partial charge in [0.15, 0.2) is 0 Å². The molecule has 1 atom stereocenters. The van der Waals surface area contributed by atoms with Gasteiger partial charge in [-0.1, -0.05) is 24.3 Å². The van der Waals surface area contributed by atoms with Crippen LogP contribution in [0.5, 0.6) is 0 Å². The first-order valence-electron chi connectivity index (χ1n) is 6.91. The Hall–Kier alpha value is -2.45. The van der Waals surface area contributed by atoms with Crippen LogP contribution >= 0.6 is 0 Å². The van der Waals surface area contributed by atoms with Crippen LogP contribution in [0, 0.1) is 6.92 Å². The number of hydrogen-bond acceptors (Lipinski definition) is 5. The van der Waals surface area contributed by atoms with Crippen LogP contribution in [0.25, 0.3) is 0 Å². The first-order valence-corrected chi connectivity index (χ1v) is 6.91. The summed E-state index contributed by atoms with van der Waals surface area (Å²) >= 11 is 0. The van der Waals surface area contributed by atoms with Gasteiger partial charge in [-0.3, -0.25) is 14.4 Å². The van der Waals surface area contributed by atoms with Gasteiger partial charge < -0.3 is 26.4 Å². The van der Waals surface area contributed by atoms with Crippen LogP contribution in [0.1, 0.15) is 17.5 Å². The predicted molar refractivity (Wildman–Crippen MR) is 83.3 cm³/mol. The normalized spacial score (nSPS) is 11.0. The van der Waals surface area contributed by atoms with Gasteiger partial charge in [0.2, 0.25) is 0 Å². The smallest absolute Gasteiger partial charge is 0.320 e. The van der Waals surface area contributed by atoms with E-state index in [9.17, 15) is 14.4 Å². The van der Waals surface area contributed by atoms with Gasteiger partial charge in [-0.05, 0) is 24.5 Å². The van der Waals surface area contributed by atoms with Gasteiger partial charge in [-0.2, -0.15) is 0 Å². The van der Waals surface area contributed by atoms with Crippen molar-refractivity contribution in [3.8, 4) is 0 Å². The molecule has 0 fully saturated rings. The molecule has 1 aromatic rings. The highest BCUT2D eigenvalue weighted by molar-refractivity contribution is 5.73. The lowest BCUT2D eigenvalue weighted by molar-refractivity contribution is -0.138. The van der Waals surface area contributed by atoms with Crippen molar-refractivity contribution < 1.29 is 29.7 Å². The third-order valence-corrected chi connectivity index (χ3v) is 2.81. The van der Waals surface area contributed by atoms with Gasteiger partial charge in [-0.15, -0.1) is 0 Å². The van der Waals surface area contributed by atoms with E-state index in [-0.39, 0.29) is 19.5 Å². The molecule has 0 heterocycles. The van der Waals surface area contributed by atoms with Crippen molar-refractivity contribution in [1.82, 2.24) is 5.32 Å². The first kappa shape index (κ1) is 20.6. The van der Waals surface area contributed by atoms with Gasteiger partial charge in [-0.25, -0.2) is 0 Å². The minimum Gasteiger partial charge on any atom is -0.481 e. The maximum atomic E-state index is 10.5. The fourth-order valence-electron chi connectivity index (χ4n) is 1.55. The highest BCUT2D eigenvalue weighted by Gasteiger charge is 2.12. The van der Waals surface area contributed by atoms with E-state index in [2.05, 4.69) is 5.32 Å². The summed E-state index contributed by atoms with van der Waals surface area (Å²) in [5.74, 6) is -2.87. The Labute approximate surface area is 133 Å². The largest absolute Gasteiger partial charge is 0.481 e. The maximum absolute atomic E-state index is 10.5. The SMILES string of the molecule is Cc1ccccc1C[C@H](N)C(=O)O.O=C(O)CCNCC(=O)O. The Kier molecular flexibility index (Phi) is 9.97. The maximum Gasteiger partial charge on any atom is 0.320 e. The molecule has 0 aliphatic carbocycles. The molecule has 0 aliphatic heterocycles. The second kappa shape index (κ2) is 11.2. The molecule has 8 nitrogen and oxygen atoms in total. The summed E-state index contributed by atoms with van der Waals surface area (Å²) in [4.78, 5) is 30.2. The third kappa shape index (κ3) is 10.9. The lowest BCUT2D eigenvalue weighted by Crippen LogP contribution is -2.32. The summed E-state index contributed by atoms with van der Waals surface area (Å²) in [6, 6.07) is 6.85. The predicted octanol–water partition coefficient (Wildman–Crippen LogP) is 0.0847. The van der Waals surface area contributed by atoms with E-state index in [1.165, 1.54) is 0 Å². The van der Waals surface area contributed by atoms with Crippen LogP contribution in [-0.4, -0.2) is 52.4 Å². The minimum absolute atomic E-state index is 0.0483. The van der Waals surface area contributed by atoms with Gasteiger partial charge in [0, 0.05) is 6.54 Å². The molecule has 0 saturated carbocycles. The zero-order valence-corrected chi connectivity index (χ0v) is 12.9. The van der Waals surface area contributed by atoms with Crippen LogP contribution < -0.4 is 11.1 Å². The molecule has 8 heteroatoms. The molecular weight excluding hydrogens is 304 g/mol. The van der Waals surface area contributed by atoms with E-state index in [0.29, 0.717) is 6.42 Å². The zero-order valence-electron chi connectivity index (χ0n) is 12.9. The molecule has 0 radical (unpaired) electrons. The molecule has 0 unspecified atom stereocenters. The van der Waals surface area contributed by atoms with E-state index in [0.717, 1.165) is 11.1 Å². The molecule has 1 aromatic carbocycles. The number of benzene rings is 1. The molecule has 0 aliphatic rings. The van der Waals surface area contributed by atoms with E-state index < -0.39 is 23.9 Å². The van der Waals surface area contributed by atoms with E-state index in [1.807, 2.05) is 31.2 Å². The van der Waals surface area contributed by atoms with Crippen molar-refractivity contribution in [2.24, 2.45) is 5.73 Å². The van der Waals surface area contributed by atoms with Crippen molar-refractivity contribution in [3.05, 3.63) is 35.4 Å². The average molecular weight is 326 g/mol. The van der Waals surface area contributed by atoms with Gasteiger partial charge >= 0.3 is 17.9 Å². The van der Waals surface area contributed by atoms with Crippen LogP contribution in [0.4, 0.5) is 0 Å². The molecule has 0 saturated heterocycles. The topological polar surface area (TPSA) is 150 Å². The van der Waals surface area contributed by atoms with Crippen molar-refractivity contribution >= 4 is 17.9 Å². The Balaban J connectivity index is 0.000000438. The standard InChI is InChI=1S/C10H13NO2.C5H9NO4/c1-7-4-2-3-5-8(7)6-9(11)10(12)13;7-4(8)1-2-6-3-5(9)10/h2-5,9H,6,11H2,1H3,(H,12,13);6H,1-3H2,(H,7,8)(H,9,10)/t9-;/m0./s1. The van der Waals surface area contributed by atoms with Crippen LogP contribution in [0.15, 0.2) is 24.3 Å². The summed E-state index contributed by atoms with van der Waals surface area (Å²) in [5, 5.41) is 27.2. The second-order valence-corrected chi connectivity index (χ2v) is 4.79. The monoisotopic (exact) mass is 326 g/mol. The molecule has 0 spiro atoms. The first-order chi connectivity index (χ1) is 10.7. The summed E-state index contributed by atoms with van der Waals surface area (Å²) < 4.78 is 0.